The van der Waals surface area contributed by atoms with E-state index < -0.39 is 0 Å². The fourth-order valence-corrected chi connectivity index (χ4v) is 1.58. The maximum absolute atomic E-state index is 12.1. The third-order valence-corrected chi connectivity index (χ3v) is 2.70. The molecule has 100 valence electrons. The van der Waals surface area contributed by atoms with Crippen LogP contribution in [0.1, 0.15) is 23.7 Å². The van der Waals surface area contributed by atoms with Gasteiger partial charge in [-0.1, -0.05) is 6.92 Å². The van der Waals surface area contributed by atoms with Crippen molar-refractivity contribution in [2.45, 2.75) is 19.4 Å². The van der Waals surface area contributed by atoms with E-state index in [0.717, 1.165) is 6.42 Å². The molecule has 1 amide bonds. The highest BCUT2D eigenvalue weighted by Gasteiger charge is 2.15. The number of benzene rings is 1. The SMILES string of the molecule is CCC(COC)NC(=O)c1cc(OC)ccc1N. The predicted molar refractivity (Wildman–Crippen MR) is 70.8 cm³/mol. The van der Waals surface area contributed by atoms with Gasteiger partial charge >= 0.3 is 0 Å². The Morgan fingerprint density at radius 3 is 2.72 bits per heavy atom. The Hall–Kier alpha value is -1.75. The molecule has 0 saturated heterocycles. The Morgan fingerprint density at radius 1 is 1.44 bits per heavy atom. The summed E-state index contributed by atoms with van der Waals surface area (Å²) in [5.41, 5.74) is 6.64. The molecule has 0 heterocycles. The number of hydrogen-bond donors (Lipinski definition) is 2. The summed E-state index contributed by atoms with van der Waals surface area (Å²) >= 11 is 0. The number of hydrogen-bond acceptors (Lipinski definition) is 4. The second kappa shape index (κ2) is 6.86. The molecule has 0 aromatic heterocycles. The van der Waals surface area contributed by atoms with Crippen LogP contribution in [-0.2, 0) is 4.74 Å². The van der Waals surface area contributed by atoms with Crippen molar-refractivity contribution < 1.29 is 14.3 Å². The van der Waals surface area contributed by atoms with Gasteiger partial charge in [-0.05, 0) is 24.6 Å². The molecule has 0 aliphatic rings. The number of carbonyl (C=O) groups is 1. The van der Waals surface area contributed by atoms with Crippen molar-refractivity contribution in [2.75, 3.05) is 26.6 Å². The molecule has 1 atom stereocenters. The normalized spacial score (nSPS) is 11.9. The van der Waals surface area contributed by atoms with E-state index in [2.05, 4.69) is 5.32 Å². The van der Waals surface area contributed by atoms with Gasteiger partial charge in [0.2, 0.25) is 0 Å². The van der Waals surface area contributed by atoms with Gasteiger partial charge in [-0.2, -0.15) is 0 Å². The topological polar surface area (TPSA) is 73.6 Å². The lowest BCUT2D eigenvalue weighted by Gasteiger charge is -2.17. The van der Waals surface area contributed by atoms with Gasteiger partial charge in [0.05, 0.1) is 25.3 Å². The zero-order valence-electron chi connectivity index (χ0n) is 11.0. The fourth-order valence-electron chi connectivity index (χ4n) is 1.58. The van der Waals surface area contributed by atoms with E-state index in [1.54, 1.807) is 32.4 Å². The molecule has 0 bridgehead atoms. The van der Waals surface area contributed by atoms with Crippen molar-refractivity contribution in [3.63, 3.8) is 0 Å². The van der Waals surface area contributed by atoms with Crippen LogP contribution < -0.4 is 15.8 Å². The molecule has 0 fully saturated rings. The average Bonchev–Trinajstić information content (AvgIpc) is 2.38. The molecule has 18 heavy (non-hydrogen) atoms. The number of amides is 1. The first-order valence-electron chi connectivity index (χ1n) is 5.85. The number of nitrogen functional groups attached to an aromatic ring is 1. The van der Waals surface area contributed by atoms with Crippen LogP contribution in [0.25, 0.3) is 0 Å². The standard InChI is InChI=1S/C13H20N2O3/c1-4-9(8-17-2)15-13(16)11-7-10(18-3)5-6-12(11)14/h5-7,9H,4,8,14H2,1-3H3,(H,15,16). The van der Waals surface area contributed by atoms with Crippen molar-refractivity contribution >= 4 is 11.6 Å². The number of rotatable bonds is 6. The summed E-state index contributed by atoms with van der Waals surface area (Å²) in [4.78, 5) is 12.1. The average molecular weight is 252 g/mol. The lowest BCUT2D eigenvalue weighted by Crippen LogP contribution is -2.37. The Labute approximate surface area is 107 Å². The molecule has 0 aliphatic heterocycles. The van der Waals surface area contributed by atoms with E-state index in [1.165, 1.54) is 0 Å². The molecule has 0 aliphatic carbocycles. The number of anilines is 1. The second-order valence-corrected chi connectivity index (χ2v) is 3.99. The van der Waals surface area contributed by atoms with E-state index in [1.807, 2.05) is 6.92 Å². The number of nitrogens with one attached hydrogen (secondary N) is 1. The van der Waals surface area contributed by atoms with Crippen molar-refractivity contribution in [3.05, 3.63) is 23.8 Å². The maximum Gasteiger partial charge on any atom is 0.253 e. The Kier molecular flexibility index (Phi) is 5.45. The Morgan fingerprint density at radius 2 is 2.17 bits per heavy atom. The largest absolute Gasteiger partial charge is 0.497 e. The molecule has 1 rings (SSSR count). The minimum absolute atomic E-state index is 0.0203. The molecule has 5 heteroatoms. The minimum atomic E-state index is -0.213. The van der Waals surface area contributed by atoms with E-state index in [0.29, 0.717) is 23.6 Å². The molecule has 5 nitrogen and oxygen atoms in total. The molecule has 0 radical (unpaired) electrons. The first-order valence-corrected chi connectivity index (χ1v) is 5.85. The van der Waals surface area contributed by atoms with Crippen LogP contribution in [0.15, 0.2) is 18.2 Å². The summed E-state index contributed by atoms with van der Waals surface area (Å²) < 4.78 is 10.1. The summed E-state index contributed by atoms with van der Waals surface area (Å²) in [7, 11) is 3.15. The Balaban J connectivity index is 2.82. The van der Waals surface area contributed by atoms with Gasteiger partial charge in [0, 0.05) is 12.8 Å². The monoisotopic (exact) mass is 252 g/mol. The highest BCUT2D eigenvalue weighted by atomic mass is 16.5. The maximum atomic E-state index is 12.1. The van der Waals surface area contributed by atoms with E-state index in [-0.39, 0.29) is 11.9 Å². The lowest BCUT2D eigenvalue weighted by molar-refractivity contribution is 0.0895. The van der Waals surface area contributed by atoms with Crippen molar-refractivity contribution in [1.82, 2.24) is 5.32 Å². The van der Waals surface area contributed by atoms with Gasteiger partial charge in [0.1, 0.15) is 5.75 Å². The van der Waals surface area contributed by atoms with Crippen LogP contribution in [0.5, 0.6) is 5.75 Å². The van der Waals surface area contributed by atoms with Crippen molar-refractivity contribution in [2.24, 2.45) is 0 Å². The quantitative estimate of drug-likeness (QED) is 0.751. The third kappa shape index (κ3) is 3.63. The van der Waals surface area contributed by atoms with Crippen molar-refractivity contribution in [1.29, 1.82) is 0 Å². The summed E-state index contributed by atoms with van der Waals surface area (Å²) in [5, 5.41) is 2.88. The summed E-state index contributed by atoms with van der Waals surface area (Å²) in [6.07, 6.45) is 0.795. The van der Waals surface area contributed by atoms with E-state index >= 15 is 0 Å². The van der Waals surface area contributed by atoms with Gasteiger partial charge in [-0.25, -0.2) is 0 Å². The number of carbonyl (C=O) groups excluding carboxylic acids is 1. The van der Waals surface area contributed by atoms with Crippen LogP contribution in [0.2, 0.25) is 0 Å². The van der Waals surface area contributed by atoms with Gasteiger partial charge in [-0.3, -0.25) is 4.79 Å². The highest BCUT2D eigenvalue weighted by Crippen LogP contribution is 2.19. The zero-order chi connectivity index (χ0) is 13.5. The summed E-state index contributed by atoms with van der Waals surface area (Å²) in [6.45, 7) is 2.46. The van der Waals surface area contributed by atoms with Gasteiger partial charge in [0.15, 0.2) is 0 Å². The first kappa shape index (κ1) is 14.3. The molecule has 1 aromatic carbocycles. The molecule has 1 unspecified atom stereocenters. The highest BCUT2D eigenvalue weighted by molar-refractivity contribution is 5.99. The molecule has 0 saturated carbocycles. The molecule has 0 spiro atoms. The predicted octanol–water partition coefficient (Wildman–Crippen LogP) is 1.43. The molecule has 3 N–H and O–H groups in total. The number of methoxy groups -OCH3 is 2. The fraction of sp³-hybridized carbons (Fsp3) is 0.462. The summed E-state index contributed by atoms with van der Waals surface area (Å²) in [5.74, 6) is 0.393. The van der Waals surface area contributed by atoms with E-state index in [9.17, 15) is 4.79 Å². The molecule has 1 aromatic rings. The van der Waals surface area contributed by atoms with Gasteiger partial charge in [0.25, 0.3) is 5.91 Å². The molecular weight excluding hydrogens is 232 g/mol. The van der Waals surface area contributed by atoms with Crippen LogP contribution in [0, 0.1) is 0 Å². The second-order valence-electron chi connectivity index (χ2n) is 3.99. The van der Waals surface area contributed by atoms with Crippen LogP contribution in [0.4, 0.5) is 5.69 Å². The van der Waals surface area contributed by atoms with E-state index in [4.69, 9.17) is 15.2 Å². The first-order chi connectivity index (χ1) is 8.62. The summed E-state index contributed by atoms with van der Waals surface area (Å²) in [6, 6.07) is 4.99. The van der Waals surface area contributed by atoms with Crippen LogP contribution >= 0.6 is 0 Å². The van der Waals surface area contributed by atoms with Crippen LogP contribution in [0.3, 0.4) is 0 Å². The van der Waals surface area contributed by atoms with Crippen LogP contribution in [-0.4, -0.2) is 32.8 Å². The third-order valence-electron chi connectivity index (χ3n) is 2.70. The smallest absolute Gasteiger partial charge is 0.253 e. The number of nitrogens with two attached hydrogens (primary N) is 1. The molecular formula is C13H20N2O3. The van der Waals surface area contributed by atoms with Gasteiger partial charge in [-0.15, -0.1) is 0 Å². The lowest BCUT2D eigenvalue weighted by atomic mass is 10.1. The van der Waals surface area contributed by atoms with Gasteiger partial charge < -0.3 is 20.5 Å². The van der Waals surface area contributed by atoms with Crippen molar-refractivity contribution in [3.8, 4) is 5.75 Å². The number of ether oxygens (including phenoxy) is 2. The zero-order valence-corrected chi connectivity index (χ0v) is 11.0. The Bertz CT molecular complexity index is 407. The minimum Gasteiger partial charge on any atom is -0.497 e.